The monoisotopic (exact) mass is 285 g/mol. The average Bonchev–Trinajstić information content (AvgIpc) is 2.17. The predicted octanol–water partition coefficient (Wildman–Crippen LogP) is 2.40. The Morgan fingerprint density at radius 1 is 1.38 bits per heavy atom. The molecular weight excluding hydrogens is 270 g/mol. The molecule has 88 valence electrons. The Morgan fingerprint density at radius 3 is 2.31 bits per heavy atom. The number of aliphatic hydroxyl groups is 1. The SMILES string of the molecule is CC(NC(=O)C(C)(C)O)c1ccc(Br)cc1. The van der Waals surface area contributed by atoms with E-state index in [1.54, 1.807) is 0 Å². The number of halogens is 1. The van der Waals surface area contributed by atoms with Crippen LogP contribution in [0, 0.1) is 0 Å². The zero-order valence-corrected chi connectivity index (χ0v) is 11.2. The minimum atomic E-state index is -1.34. The molecule has 0 bridgehead atoms. The van der Waals surface area contributed by atoms with Crippen LogP contribution in [0.25, 0.3) is 0 Å². The largest absolute Gasteiger partial charge is 0.381 e. The maximum absolute atomic E-state index is 11.5. The van der Waals surface area contributed by atoms with E-state index in [1.807, 2.05) is 31.2 Å². The van der Waals surface area contributed by atoms with Gasteiger partial charge in [-0.1, -0.05) is 28.1 Å². The third kappa shape index (κ3) is 3.61. The van der Waals surface area contributed by atoms with Gasteiger partial charge >= 0.3 is 0 Å². The molecule has 0 spiro atoms. The second-order valence-corrected chi connectivity index (χ2v) is 5.22. The number of hydrogen-bond donors (Lipinski definition) is 2. The number of amides is 1. The van der Waals surface area contributed by atoms with E-state index >= 15 is 0 Å². The van der Waals surface area contributed by atoms with Crippen molar-refractivity contribution in [2.45, 2.75) is 32.4 Å². The molecule has 0 heterocycles. The van der Waals surface area contributed by atoms with E-state index in [1.165, 1.54) is 13.8 Å². The van der Waals surface area contributed by atoms with Crippen molar-refractivity contribution in [3.05, 3.63) is 34.3 Å². The van der Waals surface area contributed by atoms with Crippen LogP contribution < -0.4 is 5.32 Å². The summed E-state index contributed by atoms with van der Waals surface area (Å²) in [5.74, 6) is -0.372. The Balaban J connectivity index is 2.69. The van der Waals surface area contributed by atoms with E-state index < -0.39 is 5.60 Å². The van der Waals surface area contributed by atoms with Gasteiger partial charge in [-0.3, -0.25) is 4.79 Å². The van der Waals surface area contributed by atoms with E-state index in [9.17, 15) is 9.90 Å². The molecule has 4 heteroatoms. The molecule has 2 N–H and O–H groups in total. The fourth-order valence-electron chi connectivity index (χ4n) is 1.21. The summed E-state index contributed by atoms with van der Waals surface area (Å²) in [6.07, 6.45) is 0. The van der Waals surface area contributed by atoms with E-state index in [0.717, 1.165) is 10.0 Å². The Bertz CT molecular complexity index is 368. The van der Waals surface area contributed by atoms with Gasteiger partial charge in [-0.05, 0) is 38.5 Å². The van der Waals surface area contributed by atoms with Crippen molar-refractivity contribution in [1.29, 1.82) is 0 Å². The van der Waals surface area contributed by atoms with Crippen LogP contribution in [-0.2, 0) is 4.79 Å². The molecule has 0 saturated heterocycles. The van der Waals surface area contributed by atoms with Crippen LogP contribution in [0.1, 0.15) is 32.4 Å². The molecule has 1 atom stereocenters. The summed E-state index contributed by atoms with van der Waals surface area (Å²) >= 11 is 3.35. The van der Waals surface area contributed by atoms with Crippen molar-refractivity contribution in [3.8, 4) is 0 Å². The fourth-order valence-corrected chi connectivity index (χ4v) is 1.47. The first kappa shape index (κ1) is 13.2. The van der Waals surface area contributed by atoms with Crippen LogP contribution in [-0.4, -0.2) is 16.6 Å². The van der Waals surface area contributed by atoms with Crippen LogP contribution >= 0.6 is 15.9 Å². The molecule has 1 aromatic carbocycles. The van der Waals surface area contributed by atoms with Gasteiger partial charge in [-0.15, -0.1) is 0 Å². The molecule has 1 unspecified atom stereocenters. The standard InChI is InChI=1S/C12H16BrNO2/c1-8(14-11(15)12(2,3)16)9-4-6-10(13)7-5-9/h4-8,16H,1-3H3,(H,14,15). The summed E-state index contributed by atoms with van der Waals surface area (Å²) in [7, 11) is 0. The predicted molar refractivity (Wildman–Crippen MR) is 67.0 cm³/mol. The minimum absolute atomic E-state index is 0.118. The zero-order valence-electron chi connectivity index (χ0n) is 9.62. The van der Waals surface area contributed by atoms with Crippen molar-refractivity contribution in [2.75, 3.05) is 0 Å². The lowest BCUT2D eigenvalue weighted by Crippen LogP contribution is -2.42. The molecule has 0 aliphatic rings. The maximum Gasteiger partial charge on any atom is 0.251 e. The molecule has 1 rings (SSSR count). The van der Waals surface area contributed by atoms with Crippen LogP contribution in [0.3, 0.4) is 0 Å². The van der Waals surface area contributed by atoms with Crippen LogP contribution in [0.5, 0.6) is 0 Å². The summed E-state index contributed by atoms with van der Waals surface area (Å²) < 4.78 is 0.997. The van der Waals surface area contributed by atoms with Crippen LogP contribution in [0.2, 0.25) is 0 Å². The summed E-state index contributed by atoms with van der Waals surface area (Å²) in [5, 5.41) is 12.3. The van der Waals surface area contributed by atoms with Crippen molar-refractivity contribution < 1.29 is 9.90 Å². The normalized spacial score (nSPS) is 13.3. The molecular formula is C12H16BrNO2. The van der Waals surface area contributed by atoms with Gasteiger partial charge in [-0.25, -0.2) is 0 Å². The van der Waals surface area contributed by atoms with Crippen LogP contribution in [0.15, 0.2) is 28.7 Å². The van der Waals surface area contributed by atoms with Gasteiger partial charge in [0.1, 0.15) is 5.60 Å². The van der Waals surface area contributed by atoms with E-state index in [4.69, 9.17) is 0 Å². The molecule has 0 aliphatic heterocycles. The highest BCUT2D eigenvalue weighted by atomic mass is 79.9. The van der Waals surface area contributed by atoms with E-state index in [-0.39, 0.29) is 11.9 Å². The quantitative estimate of drug-likeness (QED) is 0.896. The van der Waals surface area contributed by atoms with Gasteiger partial charge < -0.3 is 10.4 Å². The number of carbonyl (C=O) groups is 1. The van der Waals surface area contributed by atoms with Gasteiger partial charge in [-0.2, -0.15) is 0 Å². The smallest absolute Gasteiger partial charge is 0.251 e. The van der Waals surface area contributed by atoms with Gasteiger partial charge in [0.05, 0.1) is 6.04 Å². The molecule has 16 heavy (non-hydrogen) atoms. The van der Waals surface area contributed by atoms with Crippen LogP contribution in [0.4, 0.5) is 0 Å². The molecule has 0 aromatic heterocycles. The van der Waals surface area contributed by atoms with Crippen molar-refractivity contribution in [2.24, 2.45) is 0 Å². The Kier molecular flexibility index (Phi) is 4.10. The topological polar surface area (TPSA) is 49.3 Å². The van der Waals surface area contributed by atoms with Gasteiger partial charge in [0.2, 0.25) is 0 Å². The molecule has 1 aromatic rings. The minimum Gasteiger partial charge on any atom is -0.381 e. The number of rotatable bonds is 3. The molecule has 0 saturated carbocycles. The van der Waals surface area contributed by atoms with E-state index in [2.05, 4.69) is 21.2 Å². The lowest BCUT2D eigenvalue weighted by molar-refractivity contribution is -0.137. The maximum atomic E-state index is 11.5. The fraction of sp³-hybridized carbons (Fsp3) is 0.417. The molecule has 3 nitrogen and oxygen atoms in total. The first-order valence-electron chi connectivity index (χ1n) is 5.09. The van der Waals surface area contributed by atoms with Crippen molar-refractivity contribution in [3.63, 3.8) is 0 Å². The molecule has 1 amide bonds. The summed E-state index contributed by atoms with van der Waals surface area (Å²) in [6.45, 7) is 4.82. The Morgan fingerprint density at radius 2 is 1.88 bits per heavy atom. The highest BCUT2D eigenvalue weighted by Crippen LogP contribution is 2.17. The third-order valence-electron chi connectivity index (χ3n) is 2.27. The molecule has 0 fully saturated rings. The summed E-state index contributed by atoms with van der Waals surface area (Å²) in [4.78, 5) is 11.5. The van der Waals surface area contributed by atoms with Gasteiger partial charge in [0, 0.05) is 4.47 Å². The Labute approximate surface area is 104 Å². The second kappa shape index (κ2) is 4.97. The highest BCUT2D eigenvalue weighted by Gasteiger charge is 2.25. The van der Waals surface area contributed by atoms with Gasteiger partial charge in [0.25, 0.3) is 5.91 Å². The lowest BCUT2D eigenvalue weighted by atomic mass is 10.1. The highest BCUT2D eigenvalue weighted by molar-refractivity contribution is 9.10. The number of nitrogens with one attached hydrogen (secondary N) is 1. The van der Waals surface area contributed by atoms with Crippen molar-refractivity contribution in [1.82, 2.24) is 5.32 Å². The Hall–Kier alpha value is -0.870. The lowest BCUT2D eigenvalue weighted by Gasteiger charge is -2.21. The zero-order chi connectivity index (χ0) is 12.3. The molecule has 0 aliphatic carbocycles. The number of benzene rings is 1. The number of hydrogen-bond acceptors (Lipinski definition) is 2. The van der Waals surface area contributed by atoms with Crippen molar-refractivity contribution >= 4 is 21.8 Å². The van der Waals surface area contributed by atoms with Gasteiger partial charge in [0.15, 0.2) is 0 Å². The molecule has 0 radical (unpaired) electrons. The second-order valence-electron chi connectivity index (χ2n) is 4.31. The van der Waals surface area contributed by atoms with E-state index in [0.29, 0.717) is 0 Å². The first-order valence-corrected chi connectivity index (χ1v) is 5.89. The third-order valence-corrected chi connectivity index (χ3v) is 2.80. The first-order chi connectivity index (χ1) is 7.30. The summed E-state index contributed by atoms with van der Waals surface area (Å²) in [6, 6.07) is 7.58. The number of carbonyl (C=O) groups excluding carboxylic acids is 1. The summed E-state index contributed by atoms with van der Waals surface area (Å²) in [5.41, 5.74) is -0.343. The average molecular weight is 286 g/mol.